The number of nitrogens with zero attached hydrogens (tertiary/aromatic N) is 2. The summed E-state index contributed by atoms with van der Waals surface area (Å²) in [6.07, 6.45) is 3.10. The molecule has 1 aromatic rings. The summed E-state index contributed by atoms with van der Waals surface area (Å²) in [5, 5.41) is 6.70. The number of amides is 1. The molecule has 1 N–H and O–H groups in total. The lowest BCUT2D eigenvalue weighted by Gasteiger charge is -2.22. The molecule has 1 rings (SSSR count). The highest BCUT2D eigenvalue weighted by molar-refractivity contribution is 7.84. The van der Waals surface area contributed by atoms with Crippen LogP contribution in [0.4, 0.5) is 5.69 Å². The molecule has 0 spiro atoms. The van der Waals surface area contributed by atoms with Gasteiger partial charge in [-0.1, -0.05) is 18.5 Å². The average molecular weight is 278 g/mol. The first-order valence-electron chi connectivity index (χ1n) is 5.27. The van der Waals surface area contributed by atoms with Gasteiger partial charge in [0.25, 0.3) is 0 Å². The minimum atomic E-state index is -0.991. The Bertz CT molecular complexity index is 421. The lowest BCUT2D eigenvalue weighted by Crippen LogP contribution is -2.37. The number of carbonyl (C=O) groups is 1. The van der Waals surface area contributed by atoms with Gasteiger partial charge < -0.3 is 4.90 Å². The molecular weight excluding hydrogens is 262 g/mol. The maximum atomic E-state index is 12.2. The Kier molecular flexibility index (Phi) is 5.14. The molecule has 0 aromatic carbocycles. The van der Waals surface area contributed by atoms with Crippen LogP contribution in [0.5, 0.6) is 0 Å². The number of H-pyrrole nitrogens is 1. The van der Waals surface area contributed by atoms with Crippen molar-refractivity contribution in [1.82, 2.24) is 10.2 Å². The van der Waals surface area contributed by atoms with Gasteiger partial charge >= 0.3 is 0 Å². The van der Waals surface area contributed by atoms with Crippen LogP contribution in [0.25, 0.3) is 0 Å². The molecule has 0 aliphatic rings. The van der Waals surface area contributed by atoms with Crippen molar-refractivity contribution in [2.75, 3.05) is 23.5 Å². The molecule has 1 amide bonds. The largest absolute Gasteiger partial charge is 0.308 e. The Hall–Kier alpha value is -0.880. The number of aromatic amines is 1. The smallest absolute Gasteiger partial charge is 0.230 e. The molecule has 5 nitrogen and oxygen atoms in total. The van der Waals surface area contributed by atoms with Gasteiger partial charge in [-0.2, -0.15) is 5.10 Å². The molecule has 0 saturated carbocycles. The van der Waals surface area contributed by atoms with E-state index in [4.69, 9.17) is 11.6 Å². The third-order valence-corrected chi connectivity index (χ3v) is 3.60. The molecule has 0 radical (unpaired) electrons. The van der Waals surface area contributed by atoms with Crippen molar-refractivity contribution in [1.29, 1.82) is 0 Å². The van der Waals surface area contributed by atoms with Gasteiger partial charge in [-0.3, -0.25) is 14.1 Å². The van der Waals surface area contributed by atoms with Crippen LogP contribution in [-0.4, -0.2) is 38.9 Å². The van der Waals surface area contributed by atoms with Crippen molar-refractivity contribution in [2.24, 2.45) is 5.92 Å². The lowest BCUT2D eigenvalue weighted by atomic mass is 10.2. The van der Waals surface area contributed by atoms with Crippen molar-refractivity contribution >= 4 is 34.0 Å². The standard InChI is InChI=1S/C10H16ClN3O2S/c1-4-14(8-5-12-13-9(8)11)10(15)7(2)6-17(3)16/h5,7H,4,6H2,1-3H3,(H,12,13). The maximum Gasteiger partial charge on any atom is 0.230 e. The van der Waals surface area contributed by atoms with Crippen LogP contribution in [0.1, 0.15) is 13.8 Å². The van der Waals surface area contributed by atoms with Crippen molar-refractivity contribution in [2.45, 2.75) is 13.8 Å². The Balaban J connectivity index is 2.85. The van der Waals surface area contributed by atoms with Gasteiger partial charge in [0.1, 0.15) is 10.8 Å². The molecule has 0 bridgehead atoms. The Labute approximate surface area is 108 Å². The van der Waals surface area contributed by atoms with Gasteiger partial charge in [0.05, 0.1) is 6.20 Å². The predicted octanol–water partition coefficient (Wildman–Crippen LogP) is 1.43. The summed E-state index contributed by atoms with van der Waals surface area (Å²) in [6.45, 7) is 4.12. The van der Waals surface area contributed by atoms with Gasteiger partial charge in [-0.05, 0) is 6.92 Å². The summed E-state index contributed by atoms with van der Waals surface area (Å²) in [4.78, 5) is 13.7. The van der Waals surface area contributed by atoms with E-state index in [1.165, 1.54) is 6.20 Å². The maximum absolute atomic E-state index is 12.2. The van der Waals surface area contributed by atoms with Gasteiger partial charge in [0.2, 0.25) is 5.91 Å². The summed E-state index contributed by atoms with van der Waals surface area (Å²) < 4.78 is 11.1. The van der Waals surface area contributed by atoms with Crippen LogP contribution in [-0.2, 0) is 15.6 Å². The van der Waals surface area contributed by atoms with Gasteiger partial charge in [0, 0.05) is 35.3 Å². The summed E-state index contributed by atoms with van der Waals surface area (Å²) in [5.41, 5.74) is 0.563. The summed E-state index contributed by atoms with van der Waals surface area (Å²) in [6, 6.07) is 0. The van der Waals surface area contributed by atoms with Crippen LogP contribution < -0.4 is 4.90 Å². The van der Waals surface area contributed by atoms with Crippen molar-refractivity contribution in [3.63, 3.8) is 0 Å². The quantitative estimate of drug-likeness (QED) is 0.885. The number of hydrogen-bond donors (Lipinski definition) is 1. The zero-order valence-electron chi connectivity index (χ0n) is 10.1. The second-order valence-electron chi connectivity index (χ2n) is 3.79. The fraction of sp³-hybridized carbons (Fsp3) is 0.600. The summed E-state index contributed by atoms with van der Waals surface area (Å²) in [5.74, 6) is -0.0390. The van der Waals surface area contributed by atoms with Gasteiger partial charge in [0.15, 0.2) is 0 Å². The second kappa shape index (κ2) is 6.16. The van der Waals surface area contributed by atoms with Crippen molar-refractivity contribution < 1.29 is 9.00 Å². The minimum Gasteiger partial charge on any atom is -0.308 e. The van der Waals surface area contributed by atoms with Crippen molar-refractivity contribution in [3.05, 3.63) is 11.3 Å². The monoisotopic (exact) mass is 277 g/mol. The van der Waals surface area contributed by atoms with Crippen LogP contribution in [0.15, 0.2) is 6.20 Å². The molecule has 7 heteroatoms. The lowest BCUT2D eigenvalue weighted by molar-refractivity contribution is -0.121. The Morgan fingerprint density at radius 1 is 1.71 bits per heavy atom. The van der Waals surface area contributed by atoms with E-state index < -0.39 is 10.8 Å². The van der Waals surface area contributed by atoms with E-state index in [0.29, 0.717) is 23.1 Å². The van der Waals surface area contributed by atoms with E-state index in [-0.39, 0.29) is 11.8 Å². The average Bonchev–Trinajstić information content (AvgIpc) is 2.65. The predicted molar refractivity (Wildman–Crippen MR) is 69.7 cm³/mol. The fourth-order valence-electron chi connectivity index (χ4n) is 1.59. The third kappa shape index (κ3) is 3.54. The molecule has 1 aromatic heterocycles. The van der Waals surface area contributed by atoms with Crippen LogP contribution in [0.2, 0.25) is 5.15 Å². The number of halogens is 1. The summed E-state index contributed by atoms with van der Waals surface area (Å²) in [7, 11) is -0.991. The third-order valence-electron chi connectivity index (χ3n) is 2.35. The zero-order chi connectivity index (χ0) is 13.0. The highest BCUT2D eigenvalue weighted by atomic mass is 35.5. The van der Waals surface area contributed by atoms with Gasteiger partial charge in [-0.25, -0.2) is 0 Å². The Morgan fingerprint density at radius 3 is 2.76 bits per heavy atom. The molecule has 0 saturated heterocycles. The van der Waals surface area contributed by atoms with Gasteiger partial charge in [-0.15, -0.1) is 0 Å². The molecule has 96 valence electrons. The van der Waals surface area contributed by atoms with E-state index in [2.05, 4.69) is 10.2 Å². The highest BCUT2D eigenvalue weighted by Crippen LogP contribution is 2.24. The van der Waals surface area contributed by atoms with E-state index in [1.54, 1.807) is 18.1 Å². The molecule has 2 atom stereocenters. The second-order valence-corrected chi connectivity index (χ2v) is 5.65. The minimum absolute atomic E-state index is 0.0917. The van der Waals surface area contributed by atoms with Crippen LogP contribution >= 0.6 is 11.6 Å². The van der Waals surface area contributed by atoms with E-state index in [1.807, 2.05) is 6.92 Å². The molecule has 2 unspecified atom stereocenters. The van der Waals surface area contributed by atoms with Crippen LogP contribution in [0, 0.1) is 5.92 Å². The number of aromatic nitrogens is 2. The number of nitrogens with one attached hydrogen (secondary N) is 1. The molecule has 0 aliphatic heterocycles. The topological polar surface area (TPSA) is 66.1 Å². The zero-order valence-corrected chi connectivity index (χ0v) is 11.6. The molecule has 0 aliphatic carbocycles. The van der Waals surface area contributed by atoms with Crippen LogP contribution in [0.3, 0.4) is 0 Å². The van der Waals surface area contributed by atoms with E-state index in [9.17, 15) is 9.00 Å². The molecule has 1 heterocycles. The Morgan fingerprint density at radius 2 is 2.35 bits per heavy atom. The number of anilines is 1. The first kappa shape index (κ1) is 14.2. The number of rotatable bonds is 5. The fourth-order valence-corrected chi connectivity index (χ4v) is 2.63. The molecular formula is C10H16ClN3O2S. The first-order chi connectivity index (χ1) is 7.97. The first-order valence-corrected chi connectivity index (χ1v) is 7.38. The summed E-state index contributed by atoms with van der Waals surface area (Å²) >= 11 is 5.90. The van der Waals surface area contributed by atoms with E-state index >= 15 is 0 Å². The molecule has 17 heavy (non-hydrogen) atoms. The van der Waals surface area contributed by atoms with E-state index in [0.717, 1.165) is 0 Å². The number of hydrogen-bond acceptors (Lipinski definition) is 3. The molecule has 0 fully saturated rings. The highest BCUT2D eigenvalue weighted by Gasteiger charge is 2.23. The normalized spacial score (nSPS) is 14.4. The van der Waals surface area contributed by atoms with Crippen molar-refractivity contribution in [3.8, 4) is 0 Å². The SMILES string of the molecule is CCN(C(=O)C(C)CS(C)=O)c1cn[nH]c1Cl. The number of carbonyl (C=O) groups excluding carboxylic acids is 1.